The normalized spacial score (nSPS) is 11.4. The summed E-state index contributed by atoms with van der Waals surface area (Å²) >= 11 is 0. The lowest BCUT2D eigenvalue weighted by molar-refractivity contribution is -0.155. The number of nitrogens with zero attached hydrogens (tertiary/aromatic N) is 3. The summed E-state index contributed by atoms with van der Waals surface area (Å²) in [6.45, 7) is 5.26. The Morgan fingerprint density at radius 3 is 2.67 bits per heavy atom. The van der Waals surface area contributed by atoms with Crippen molar-refractivity contribution in [3.05, 3.63) is 24.0 Å². The highest BCUT2D eigenvalue weighted by Crippen LogP contribution is 2.17. The molecule has 7 nitrogen and oxygen atoms in total. The van der Waals surface area contributed by atoms with Gasteiger partial charge in [-0.2, -0.15) is 5.10 Å². The number of hydrogen-bond donors (Lipinski definition) is 0. The molecule has 0 aliphatic carbocycles. The number of aromatic nitrogens is 3. The zero-order chi connectivity index (χ0) is 15.6. The van der Waals surface area contributed by atoms with E-state index < -0.39 is 17.5 Å². The minimum Gasteiger partial charge on any atom is -0.464 e. The molecule has 0 saturated heterocycles. The fraction of sp³-hybridized carbons (Fsp3) is 0.429. The van der Waals surface area contributed by atoms with Gasteiger partial charge < -0.3 is 9.47 Å². The summed E-state index contributed by atoms with van der Waals surface area (Å²) in [5.41, 5.74) is 0.469. The molecule has 0 amide bonds. The first-order valence-corrected chi connectivity index (χ1v) is 6.43. The van der Waals surface area contributed by atoms with Gasteiger partial charge in [-0.25, -0.2) is 4.79 Å². The maximum absolute atomic E-state index is 11.9. The Kier molecular flexibility index (Phi) is 3.93. The van der Waals surface area contributed by atoms with Gasteiger partial charge in [-0.05, 0) is 32.9 Å². The van der Waals surface area contributed by atoms with Crippen LogP contribution in [-0.2, 0) is 20.8 Å². The van der Waals surface area contributed by atoms with Crippen molar-refractivity contribution in [2.45, 2.75) is 32.9 Å². The van der Waals surface area contributed by atoms with Crippen molar-refractivity contribution in [1.29, 1.82) is 0 Å². The molecule has 0 radical (unpaired) electrons. The lowest BCUT2D eigenvalue weighted by Gasteiger charge is -2.19. The second-order valence-corrected chi connectivity index (χ2v) is 5.46. The van der Waals surface area contributed by atoms with Crippen LogP contribution < -0.4 is 0 Å². The summed E-state index contributed by atoms with van der Waals surface area (Å²) in [7, 11) is 1.27. The van der Waals surface area contributed by atoms with E-state index in [0.717, 1.165) is 0 Å². The minimum atomic E-state index is -0.596. The third kappa shape index (κ3) is 3.36. The third-order valence-electron chi connectivity index (χ3n) is 2.59. The molecule has 2 rings (SSSR count). The first-order chi connectivity index (χ1) is 9.81. The van der Waals surface area contributed by atoms with Crippen LogP contribution in [0, 0.1) is 0 Å². The number of carbonyl (C=O) groups excluding carboxylic acids is 2. The van der Waals surface area contributed by atoms with E-state index in [9.17, 15) is 9.59 Å². The fourth-order valence-electron chi connectivity index (χ4n) is 1.86. The molecule has 0 atom stereocenters. The first-order valence-electron chi connectivity index (χ1n) is 6.43. The highest BCUT2D eigenvalue weighted by Gasteiger charge is 2.22. The van der Waals surface area contributed by atoms with Crippen LogP contribution in [0.4, 0.5) is 0 Å². The summed E-state index contributed by atoms with van der Waals surface area (Å²) in [4.78, 5) is 27.7. The summed E-state index contributed by atoms with van der Waals surface area (Å²) in [6.07, 6.45) is 1.55. The van der Waals surface area contributed by atoms with Gasteiger partial charge in [-0.3, -0.25) is 14.5 Å². The molecule has 0 fully saturated rings. The summed E-state index contributed by atoms with van der Waals surface area (Å²) in [5.74, 6) is -1.03. The van der Waals surface area contributed by atoms with Crippen LogP contribution >= 0.6 is 0 Å². The number of ether oxygens (including phenoxy) is 2. The number of rotatable bonds is 3. The highest BCUT2D eigenvalue weighted by atomic mass is 16.6. The van der Waals surface area contributed by atoms with E-state index in [0.29, 0.717) is 11.0 Å². The Bertz CT molecular complexity index is 685. The average molecular weight is 291 g/mol. The summed E-state index contributed by atoms with van der Waals surface area (Å²) < 4.78 is 11.3. The van der Waals surface area contributed by atoms with Gasteiger partial charge >= 0.3 is 11.9 Å². The number of methoxy groups -OCH3 is 1. The molecule has 0 bridgehead atoms. The maximum Gasteiger partial charge on any atom is 0.360 e. The van der Waals surface area contributed by atoms with Crippen LogP contribution in [0.15, 0.2) is 18.3 Å². The minimum absolute atomic E-state index is 0.0802. The number of hydrogen-bond acceptors (Lipinski definition) is 6. The number of pyridine rings is 1. The molecule has 7 heteroatoms. The Labute approximate surface area is 121 Å². The van der Waals surface area contributed by atoms with Crippen molar-refractivity contribution in [2.75, 3.05) is 7.11 Å². The molecule has 0 aliphatic heterocycles. The van der Waals surface area contributed by atoms with E-state index in [1.54, 1.807) is 39.1 Å². The number of fused-ring (bicyclic) bond motifs is 1. The van der Waals surface area contributed by atoms with Crippen LogP contribution in [0.1, 0.15) is 31.3 Å². The Balaban J connectivity index is 2.36. The molecule has 2 heterocycles. The van der Waals surface area contributed by atoms with Gasteiger partial charge in [0, 0.05) is 6.20 Å². The van der Waals surface area contributed by atoms with Crippen LogP contribution in [0.5, 0.6) is 0 Å². The fourth-order valence-corrected chi connectivity index (χ4v) is 1.86. The van der Waals surface area contributed by atoms with Crippen molar-refractivity contribution < 1.29 is 19.1 Å². The maximum atomic E-state index is 11.9. The predicted molar refractivity (Wildman–Crippen MR) is 74.7 cm³/mol. The number of esters is 2. The average Bonchev–Trinajstić information content (AvgIpc) is 2.75. The van der Waals surface area contributed by atoms with E-state index in [1.165, 1.54) is 11.8 Å². The van der Waals surface area contributed by atoms with Gasteiger partial charge in [0.05, 0.1) is 12.6 Å². The quantitative estimate of drug-likeness (QED) is 0.798. The zero-order valence-corrected chi connectivity index (χ0v) is 12.4. The van der Waals surface area contributed by atoms with Gasteiger partial charge in [0.2, 0.25) is 0 Å². The molecule has 0 aliphatic rings. The second kappa shape index (κ2) is 5.51. The Morgan fingerprint density at radius 2 is 2.05 bits per heavy atom. The third-order valence-corrected chi connectivity index (χ3v) is 2.59. The van der Waals surface area contributed by atoms with Crippen LogP contribution in [0.2, 0.25) is 0 Å². The molecule has 0 aromatic carbocycles. The molecule has 112 valence electrons. The molecular weight excluding hydrogens is 274 g/mol. The van der Waals surface area contributed by atoms with E-state index in [1.807, 2.05) is 0 Å². The van der Waals surface area contributed by atoms with Crippen molar-refractivity contribution in [1.82, 2.24) is 14.8 Å². The van der Waals surface area contributed by atoms with Crippen molar-refractivity contribution in [3.8, 4) is 0 Å². The Morgan fingerprint density at radius 1 is 1.33 bits per heavy atom. The Hall–Kier alpha value is -2.44. The van der Waals surface area contributed by atoms with E-state index in [-0.39, 0.29) is 12.2 Å². The van der Waals surface area contributed by atoms with Crippen molar-refractivity contribution >= 4 is 23.0 Å². The molecular formula is C14H17N3O4. The molecule has 2 aromatic rings. The van der Waals surface area contributed by atoms with Gasteiger partial charge in [0.1, 0.15) is 17.7 Å². The van der Waals surface area contributed by atoms with Crippen LogP contribution in [0.25, 0.3) is 11.0 Å². The number of carbonyl (C=O) groups is 2. The van der Waals surface area contributed by atoms with Gasteiger partial charge in [0.25, 0.3) is 0 Å². The summed E-state index contributed by atoms with van der Waals surface area (Å²) in [5, 5.41) is 4.11. The van der Waals surface area contributed by atoms with Gasteiger partial charge in [0.15, 0.2) is 5.69 Å². The SMILES string of the molecule is COC(=O)c1nn(CC(=O)OC(C)(C)C)c2cccnc12. The lowest BCUT2D eigenvalue weighted by atomic mass is 10.2. The monoisotopic (exact) mass is 291 g/mol. The summed E-state index contributed by atoms with van der Waals surface area (Å²) in [6, 6.07) is 3.43. The van der Waals surface area contributed by atoms with Crippen LogP contribution in [-0.4, -0.2) is 39.4 Å². The molecule has 2 aromatic heterocycles. The van der Waals surface area contributed by atoms with Crippen LogP contribution in [0.3, 0.4) is 0 Å². The van der Waals surface area contributed by atoms with E-state index in [4.69, 9.17) is 4.74 Å². The lowest BCUT2D eigenvalue weighted by Crippen LogP contribution is -2.26. The molecule has 0 unspecified atom stereocenters. The highest BCUT2D eigenvalue weighted by molar-refractivity contribution is 6.00. The molecule has 21 heavy (non-hydrogen) atoms. The van der Waals surface area contributed by atoms with E-state index >= 15 is 0 Å². The molecule has 0 saturated carbocycles. The van der Waals surface area contributed by atoms with Gasteiger partial charge in [-0.1, -0.05) is 0 Å². The predicted octanol–water partition coefficient (Wildman–Crippen LogP) is 1.56. The zero-order valence-electron chi connectivity index (χ0n) is 12.4. The second-order valence-electron chi connectivity index (χ2n) is 5.46. The van der Waals surface area contributed by atoms with Crippen molar-refractivity contribution in [3.63, 3.8) is 0 Å². The largest absolute Gasteiger partial charge is 0.464 e. The first kappa shape index (κ1) is 15.0. The smallest absolute Gasteiger partial charge is 0.360 e. The topological polar surface area (TPSA) is 83.3 Å². The van der Waals surface area contributed by atoms with Gasteiger partial charge in [-0.15, -0.1) is 0 Å². The molecule has 0 N–H and O–H groups in total. The van der Waals surface area contributed by atoms with Crippen molar-refractivity contribution in [2.24, 2.45) is 0 Å². The molecule has 0 spiro atoms. The standard InChI is InChI=1S/C14H17N3O4/c1-14(2,3)21-10(18)8-17-9-6-5-7-15-11(9)12(16-17)13(19)20-4/h5-7H,8H2,1-4H3. The van der Waals surface area contributed by atoms with E-state index in [2.05, 4.69) is 14.8 Å².